The highest BCUT2D eigenvalue weighted by Crippen LogP contribution is 2.24. The number of halogens is 3. The Bertz CT molecular complexity index is 1080. The standard InChI is InChI=1S/C25H23BrCl2N2O2/c1-29-25(32)23(14-17-5-3-2-4-6-17)30(16-18-7-10-20(26)11-8-18)24(31)15-19-9-12-21(27)22(28)13-19/h2-13,23H,14-16H2,1H3,(H,29,32). The van der Waals surface area contributed by atoms with Crippen LogP contribution in [0.15, 0.2) is 77.3 Å². The van der Waals surface area contributed by atoms with Crippen molar-refractivity contribution in [1.82, 2.24) is 10.2 Å². The number of nitrogens with one attached hydrogen (secondary N) is 1. The molecule has 7 heteroatoms. The van der Waals surface area contributed by atoms with E-state index in [9.17, 15) is 9.59 Å². The van der Waals surface area contributed by atoms with E-state index in [1.54, 1.807) is 30.1 Å². The summed E-state index contributed by atoms with van der Waals surface area (Å²) in [6.07, 6.45) is 0.514. The van der Waals surface area contributed by atoms with E-state index in [4.69, 9.17) is 23.2 Å². The maximum Gasteiger partial charge on any atom is 0.242 e. The third-order valence-corrected chi connectivity index (χ3v) is 6.39. The lowest BCUT2D eigenvalue weighted by Gasteiger charge is -2.31. The largest absolute Gasteiger partial charge is 0.357 e. The van der Waals surface area contributed by atoms with Gasteiger partial charge in [-0.05, 0) is 41.0 Å². The molecule has 3 rings (SSSR count). The molecule has 1 N–H and O–H groups in total. The topological polar surface area (TPSA) is 49.4 Å². The fraction of sp³-hybridized carbons (Fsp3) is 0.200. The summed E-state index contributed by atoms with van der Waals surface area (Å²) in [6.45, 7) is 0.304. The molecule has 0 aromatic heterocycles. The number of likely N-dealkylation sites (N-methyl/N-ethyl adjacent to an activating group) is 1. The number of hydrogen-bond donors (Lipinski definition) is 1. The van der Waals surface area contributed by atoms with Gasteiger partial charge in [-0.2, -0.15) is 0 Å². The summed E-state index contributed by atoms with van der Waals surface area (Å²) < 4.78 is 0.946. The van der Waals surface area contributed by atoms with Crippen LogP contribution in [0, 0.1) is 0 Å². The van der Waals surface area contributed by atoms with Gasteiger partial charge in [0, 0.05) is 24.5 Å². The van der Waals surface area contributed by atoms with E-state index >= 15 is 0 Å². The predicted octanol–water partition coefficient (Wildman–Crippen LogP) is 5.68. The third-order valence-electron chi connectivity index (χ3n) is 5.12. The van der Waals surface area contributed by atoms with Crippen molar-refractivity contribution >= 4 is 50.9 Å². The van der Waals surface area contributed by atoms with Crippen LogP contribution in [-0.2, 0) is 29.0 Å². The molecule has 0 radical (unpaired) electrons. The molecular formula is C25H23BrCl2N2O2. The van der Waals surface area contributed by atoms with Gasteiger partial charge >= 0.3 is 0 Å². The molecule has 166 valence electrons. The van der Waals surface area contributed by atoms with E-state index in [-0.39, 0.29) is 18.2 Å². The van der Waals surface area contributed by atoms with Gasteiger partial charge in [0.2, 0.25) is 11.8 Å². The molecule has 4 nitrogen and oxygen atoms in total. The average Bonchev–Trinajstić information content (AvgIpc) is 2.80. The lowest BCUT2D eigenvalue weighted by Crippen LogP contribution is -2.50. The maximum absolute atomic E-state index is 13.5. The number of rotatable bonds is 8. The van der Waals surface area contributed by atoms with Crippen LogP contribution in [-0.4, -0.2) is 29.8 Å². The van der Waals surface area contributed by atoms with Crippen LogP contribution in [0.5, 0.6) is 0 Å². The lowest BCUT2D eigenvalue weighted by molar-refractivity contribution is -0.140. The molecule has 0 heterocycles. The Balaban J connectivity index is 1.93. The van der Waals surface area contributed by atoms with Gasteiger partial charge in [0.1, 0.15) is 6.04 Å². The van der Waals surface area contributed by atoms with Gasteiger partial charge in [-0.15, -0.1) is 0 Å². The van der Waals surface area contributed by atoms with Crippen molar-refractivity contribution in [2.24, 2.45) is 0 Å². The van der Waals surface area contributed by atoms with Gasteiger partial charge in [0.05, 0.1) is 16.5 Å². The quantitative estimate of drug-likeness (QED) is 0.404. The number of carbonyl (C=O) groups excluding carboxylic acids is 2. The van der Waals surface area contributed by atoms with E-state index in [1.807, 2.05) is 54.6 Å². The first-order valence-electron chi connectivity index (χ1n) is 10.1. The molecule has 0 aliphatic heterocycles. The molecule has 3 aromatic carbocycles. The molecule has 0 aliphatic carbocycles. The van der Waals surface area contributed by atoms with Gasteiger partial charge in [0.15, 0.2) is 0 Å². The summed E-state index contributed by atoms with van der Waals surface area (Å²) in [5.74, 6) is -0.385. The van der Waals surface area contributed by atoms with Crippen LogP contribution in [0.25, 0.3) is 0 Å². The number of amides is 2. The second kappa shape index (κ2) is 11.5. The Hall–Kier alpha value is -2.34. The fourth-order valence-corrected chi connectivity index (χ4v) is 4.02. The Morgan fingerprint density at radius 1 is 0.906 bits per heavy atom. The zero-order valence-corrected chi connectivity index (χ0v) is 20.6. The van der Waals surface area contributed by atoms with E-state index in [1.165, 1.54) is 0 Å². The van der Waals surface area contributed by atoms with Crippen molar-refractivity contribution in [3.8, 4) is 0 Å². The van der Waals surface area contributed by atoms with Crippen LogP contribution in [0.2, 0.25) is 10.0 Å². The SMILES string of the molecule is CNC(=O)C(Cc1ccccc1)N(Cc1ccc(Br)cc1)C(=O)Cc1ccc(Cl)c(Cl)c1. The summed E-state index contributed by atoms with van der Waals surface area (Å²) >= 11 is 15.6. The van der Waals surface area contributed by atoms with E-state index in [0.717, 1.165) is 21.2 Å². The highest BCUT2D eigenvalue weighted by Gasteiger charge is 2.29. The van der Waals surface area contributed by atoms with Crippen LogP contribution >= 0.6 is 39.1 Å². The molecule has 32 heavy (non-hydrogen) atoms. The Morgan fingerprint density at radius 3 is 2.19 bits per heavy atom. The zero-order valence-electron chi connectivity index (χ0n) is 17.5. The summed E-state index contributed by atoms with van der Waals surface area (Å²) in [5.41, 5.74) is 2.64. The van der Waals surface area contributed by atoms with Gasteiger partial charge < -0.3 is 10.2 Å². The Labute approximate surface area is 206 Å². The van der Waals surface area contributed by atoms with E-state index < -0.39 is 6.04 Å². The molecule has 1 unspecified atom stereocenters. The monoisotopic (exact) mass is 532 g/mol. The van der Waals surface area contributed by atoms with Crippen LogP contribution < -0.4 is 5.32 Å². The Morgan fingerprint density at radius 2 is 1.56 bits per heavy atom. The number of benzene rings is 3. The molecule has 1 atom stereocenters. The zero-order chi connectivity index (χ0) is 23.1. The summed E-state index contributed by atoms with van der Waals surface area (Å²) in [6, 6.07) is 21.9. The second-order valence-corrected chi connectivity index (χ2v) is 9.12. The first-order valence-corrected chi connectivity index (χ1v) is 11.7. The first-order chi connectivity index (χ1) is 15.4. The van der Waals surface area contributed by atoms with Gasteiger partial charge in [-0.3, -0.25) is 9.59 Å². The summed E-state index contributed by atoms with van der Waals surface area (Å²) in [5, 5.41) is 3.54. The summed E-state index contributed by atoms with van der Waals surface area (Å²) in [4.78, 5) is 28.0. The van der Waals surface area contributed by atoms with Crippen LogP contribution in [0.3, 0.4) is 0 Å². The van der Waals surface area contributed by atoms with Crippen molar-refractivity contribution in [3.63, 3.8) is 0 Å². The normalized spacial score (nSPS) is 11.6. The van der Waals surface area contributed by atoms with Gasteiger partial charge in [0.25, 0.3) is 0 Å². The maximum atomic E-state index is 13.5. The lowest BCUT2D eigenvalue weighted by atomic mass is 10.0. The molecule has 3 aromatic rings. The molecule has 0 saturated carbocycles. The molecule has 0 fully saturated rings. The van der Waals surface area contributed by atoms with Gasteiger partial charge in [-0.25, -0.2) is 0 Å². The highest BCUT2D eigenvalue weighted by atomic mass is 79.9. The first kappa shape index (κ1) is 24.3. The molecule has 2 amide bonds. The summed E-state index contributed by atoms with van der Waals surface area (Å²) in [7, 11) is 1.58. The number of nitrogens with zero attached hydrogens (tertiary/aromatic N) is 1. The molecule has 0 spiro atoms. The van der Waals surface area contributed by atoms with E-state index in [0.29, 0.717) is 23.0 Å². The molecular weight excluding hydrogens is 511 g/mol. The number of hydrogen-bond acceptors (Lipinski definition) is 2. The number of carbonyl (C=O) groups is 2. The minimum absolute atomic E-state index is 0.107. The van der Waals surface area contributed by atoms with E-state index in [2.05, 4.69) is 21.2 Å². The smallest absolute Gasteiger partial charge is 0.242 e. The molecule has 0 saturated heterocycles. The van der Waals surface area contributed by atoms with Crippen molar-refractivity contribution < 1.29 is 9.59 Å². The minimum atomic E-state index is -0.665. The van der Waals surface area contributed by atoms with Crippen LogP contribution in [0.4, 0.5) is 0 Å². The Kier molecular flexibility index (Phi) is 8.74. The second-order valence-electron chi connectivity index (χ2n) is 7.39. The molecule has 0 bridgehead atoms. The van der Waals surface area contributed by atoms with Crippen molar-refractivity contribution in [2.75, 3.05) is 7.05 Å². The molecule has 0 aliphatic rings. The highest BCUT2D eigenvalue weighted by molar-refractivity contribution is 9.10. The predicted molar refractivity (Wildman–Crippen MR) is 133 cm³/mol. The van der Waals surface area contributed by atoms with Gasteiger partial charge in [-0.1, -0.05) is 87.7 Å². The van der Waals surface area contributed by atoms with Crippen molar-refractivity contribution in [1.29, 1.82) is 0 Å². The minimum Gasteiger partial charge on any atom is -0.357 e. The van der Waals surface area contributed by atoms with Crippen molar-refractivity contribution in [2.45, 2.75) is 25.4 Å². The van der Waals surface area contributed by atoms with Crippen LogP contribution in [0.1, 0.15) is 16.7 Å². The van der Waals surface area contributed by atoms with Crippen molar-refractivity contribution in [3.05, 3.63) is 104 Å². The fourth-order valence-electron chi connectivity index (χ4n) is 3.43. The average molecular weight is 534 g/mol. The third kappa shape index (κ3) is 6.58.